The zero-order chi connectivity index (χ0) is 11.0. The molecule has 15 heavy (non-hydrogen) atoms. The molecule has 2 nitrogen and oxygen atoms in total. The van der Waals surface area contributed by atoms with Crippen LogP contribution in [-0.4, -0.2) is 5.78 Å². The number of ketones is 1. The van der Waals surface area contributed by atoms with Crippen LogP contribution in [0.2, 0.25) is 0 Å². The van der Waals surface area contributed by atoms with E-state index >= 15 is 0 Å². The highest BCUT2D eigenvalue weighted by molar-refractivity contribution is 5.88. The van der Waals surface area contributed by atoms with E-state index < -0.39 is 0 Å². The first-order valence-corrected chi connectivity index (χ1v) is 6.10. The van der Waals surface area contributed by atoms with Crippen LogP contribution in [-0.2, 0) is 4.79 Å². The minimum atomic E-state index is -0.361. The van der Waals surface area contributed by atoms with E-state index in [-0.39, 0.29) is 23.5 Å². The van der Waals surface area contributed by atoms with Crippen LogP contribution in [0.3, 0.4) is 0 Å². The normalized spacial score (nSPS) is 35.5. The van der Waals surface area contributed by atoms with Crippen LogP contribution < -0.4 is 0 Å². The molecule has 2 aliphatic carbocycles. The second kappa shape index (κ2) is 3.96. The molecule has 2 fully saturated rings. The number of carbonyl (C=O) groups is 1. The van der Waals surface area contributed by atoms with Crippen molar-refractivity contribution in [2.75, 3.05) is 0 Å². The van der Waals surface area contributed by atoms with E-state index in [0.29, 0.717) is 11.8 Å². The quantitative estimate of drug-likeness (QED) is 0.710. The van der Waals surface area contributed by atoms with E-state index in [2.05, 4.69) is 6.07 Å². The van der Waals surface area contributed by atoms with Crippen LogP contribution in [0.4, 0.5) is 0 Å². The highest BCUT2D eigenvalue weighted by Crippen LogP contribution is 2.56. The van der Waals surface area contributed by atoms with Crippen LogP contribution in [0.25, 0.3) is 0 Å². The van der Waals surface area contributed by atoms with Gasteiger partial charge in [0.05, 0.1) is 6.07 Å². The second-order valence-corrected chi connectivity index (χ2v) is 5.39. The first-order valence-electron chi connectivity index (χ1n) is 6.10. The summed E-state index contributed by atoms with van der Waals surface area (Å²) in [6, 6.07) is 2.18. The summed E-state index contributed by atoms with van der Waals surface area (Å²) < 4.78 is 0. The van der Waals surface area contributed by atoms with Gasteiger partial charge in [-0.3, -0.25) is 4.79 Å². The van der Waals surface area contributed by atoms with Gasteiger partial charge in [0.2, 0.25) is 0 Å². The van der Waals surface area contributed by atoms with Gasteiger partial charge < -0.3 is 0 Å². The average Bonchev–Trinajstić information content (AvgIpc) is 2.91. The minimum absolute atomic E-state index is 0.171. The Morgan fingerprint density at radius 3 is 2.20 bits per heavy atom. The lowest BCUT2D eigenvalue weighted by Crippen LogP contribution is -2.21. The maximum atomic E-state index is 12.1. The smallest absolute Gasteiger partial charge is 0.153 e. The molecule has 0 spiro atoms. The SMILES string of the molecule is CC(C)C(C#N)C(=O)C1C2CCCCC21. The third kappa shape index (κ3) is 1.80. The van der Waals surface area contributed by atoms with Crippen molar-refractivity contribution >= 4 is 5.78 Å². The fourth-order valence-corrected chi connectivity index (χ4v) is 3.16. The van der Waals surface area contributed by atoms with Crippen molar-refractivity contribution < 1.29 is 4.79 Å². The molecule has 2 aliphatic rings. The topological polar surface area (TPSA) is 40.9 Å². The van der Waals surface area contributed by atoms with Gasteiger partial charge in [0.1, 0.15) is 5.92 Å². The van der Waals surface area contributed by atoms with Crippen LogP contribution >= 0.6 is 0 Å². The Morgan fingerprint density at radius 2 is 1.80 bits per heavy atom. The molecule has 0 bridgehead atoms. The number of hydrogen-bond donors (Lipinski definition) is 0. The molecular weight excluding hydrogens is 186 g/mol. The van der Waals surface area contributed by atoms with Crippen LogP contribution in [0.15, 0.2) is 0 Å². The molecule has 2 rings (SSSR count). The summed E-state index contributed by atoms with van der Waals surface area (Å²) >= 11 is 0. The molecule has 0 aromatic carbocycles. The highest BCUT2D eigenvalue weighted by Gasteiger charge is 2.55. The van der Waals surface area contributed by atoms with Gasteiger partial charge in [0, 0.05) is 5.92 Å². The number of hydrogen-bond acceptors (Lipinski definition) is 2. The zero-order valence-corrected chi connectivity index (χ0v) is 9.57. The van der Waals surface area contributed by atoms with E-state index in [1.807, 2.05) is 13.8 Å². The van der Waals surface area contributed by atoms with Crippen LogP contribution in [0.1, 0.15) is 39.5 Å². The molecule has 0 aromatic rings. The molecule has 0 radical (unpaired) electrons. The van der Waals surface area contributed by atoms with Crippen molar-refractivity contribution in [3.8, 4) is 6.07 Å². The Kier molecular flexibility index (Phi) is 2.82. The number of rotatable bonds is 3. The second-order valence-electron chi connectivity index (χ2n) is 5.39. The van der Waals surface area contributed by atoms with E-state index in [9.17, 15) is 4.79 Å². The van der Waals surface area contributed by atoms with Gasteiger partial charge >= 0.3 is 0 Å². The fourth-order valence-electron chi connectivity index (χ4n) is 3.16. The maximum Gasteiger partial charge on any atom is 0.153 e. The number of Topliss-reactive ketones (excluding diaryl/α,β-unsaturated/α-hetero) is 1. The maximum absolute atomic E-state index is 12.1. The monoisotopic (exact) mass is 205 g/mol. The first kappa shape index (κ1) is 10.7. The lowest BCUT2D eigenvalue weighted by molar-refractivity contribution is -0.124. The summed E-state index contributed by atoms with van der Waals surface area (Å²) in [7, 11) is 0. The van der Waals surface area contributed by atoms with Crippen molar-refractivity contribution in [3.05, 3.63) is 0 Å². The van der Waals surface area contributed by atoms with Gasteiger partial charge in [0.25, 0.3) is 0 Å². The Balaban J connectivity index is 2.00. The van der Waals surface area contributed by atoms with E-state index in [1.54, 1.807) is 0 Å². The van der Waals surface area contributed by atoms with Crippen molar-refractivity contribution in [1.82, 2.24) is 0 Å². The predicted molar refractivity (Wildman–Crippen MR) is 57.9 cm³/mol. The molecule has 0 aromatic heterocycles. The lowest BCUT2D eigenvalue weighted by atomic mass is 9.89. The Morgan fingerprint density at radius 1 is 1.27 bits per heavy atom. The van der Waals surface area contributed by atoms with Crippen molar-refractivity contribution in [3.63, 3.8) is 0 Å². The van der Waals surface area contributed by atoms with Gasteiger partial charge in [-0.1, -0.05) is 26.7 Å². The molecule has 2 heteroatoms. The average molecular weight is 205 g/mol. The fraction of sp³-hybridized carbons (Fsp3) is 0.846. The Labute approximate surface area is 91.7 Å². The molecular formula is C13H19NO. The molecule has 0 heterocycles. The number of fused-ring (bicyclic) bond motifs is 1. The number of nitrogens with zero attached hydrogens (tertiary/aromatic N) is 1. The third-order valence-electron chi connectivity index (χ3n) is 4.10. The summed E-state index contributed by atoms with van der Waals surface area (Å²) in [4.78, 5) is 12.1. The summed E-state index contributed by atoms with van der Waals surface area (Å²) in [5, 5.41) is 9.01. The zero-order valence-electron chi connectivity index (χ0n) is 9.57. The molecule has 2 saturated carbocycles. The van der Waals surface area contributed by atoms with Gasteiger partial charge in [-0.15, -0.1) is 0 Å². The van der Waals surface area contributed by atoms with Gasteiger partial charge in [0.15, 0.2) is 5.78 Å². The molecule has 0 saturated heterocycles. The molecule has 0 amide bonds. The van der Waals surface area contributed by atoms with Crippen molar-refractivity contribution in [2.45, 2.75) is 39.5 Å². The summed E-state index contributed by atoms with van der Waals surface area (Å²) in [5.74, 6) is 1.58. The number of carbonyl (C=O) groups excluding carboxylic acids is 1. The highest BCUT2D eigenvalue weighted by atomic mass is 16.1. The van der Waals surface area contributed by atoms with Crippen LogP contribution in [0, 0.1) is 40.9 Å². The summed E-state index contributed by atoms with van der Waals surface area (Å²) in [6.45, 7) is 3.94. The summed E-state index contributed by atoms with van der Waals surface area (Å²) in [5.41, 5.74) is 0. The third-order valence-corrected chi connectivity index (χ3v) is 4.10. The standard InChI is InChI=1S/C13H19NO/c1-8(2)11(7-14)13(15)12-9-5-3-4-6-10(9)12/h8-12H,3-6H2,1-2H3. The Hall–Kier alpha value is -0.840. The predicted octanol–water partition coefficient (Wildman–Crippen LogP) is 2.79. The molecule has 0 N–H and O–H groups in total. The van der Waals surface area contributed by atoms with Gasteiger partial charge in [-0.25, -0.2) is 0 Å². The lowest BCUT2D eigenvalue weighted by Gasteiger charge is -2.11. The molecule has 3 unspecified atom stereocenters. The van der Waals surface area contributed by atoms with Crippen molar-refractivity contribution in [2.24, 2.45) is 29.6 Å². The Bertz CT molecular complexity index is 290. The van der Waals surface area contributed by atoms with Gasteiger partial charge in [-0.2, -0.15) is 5.26 Å². The van der Waals surface area contributed by atoms with E-state index in [4.69, 9.17) is 5.26 Å². The van der Waals surface area contributed by atoms with Gasteiger partial charge in [-0.05, 0) is 30.6 Å². The first-order chi connectivity index (χ1) is 7.16. The van der Waals surface area contributed by atoms with Crippen LogP contribution in [0.5, 0.6) is 0 Å². The van der Waals surface area contributed by atoms with E-state index in [1.165, 1.54) is 25.7 Å². The summed E-state index contributed by atoms with van der Waals surface area (Å²) in [6.07, 6.45) is 5.00. The number of nitriles is 1. The van der Waals surface area contributed by atoms with Crippen molar-refractivity contribution in [1.29, 1.82) is 5.26 Å². The molecule has 0 aliphatic heterocycles. The largest absolute Gasteiger partial charge is 0.298 e. The molecule has 3 atom stereocenters. The minimum Gasteiger partial charge on any atom is -0.298 e. The van der Waals surface area contributed by atoms with E-state index in [0.717, 1.165) is 0 Å². The molecule has 82 valence electrons.